The van der Waals surface area contributed by atoms with E-state index >= 15 is 0 Å². The molecule has 1 aromatic carbocycles. The highest BCUT2D eigenvalue weighted by Gasteiger charge is 2.34. The summed E-state index contributed by atoms with van der Waals surface area (Å²) in [6.45, 7) is 3.50. The van der Waals surface area contributed by atoms with Gasteiger partial charge in [0.2, 0.25) is 0 Å². The van der Waals surface area contributed by atoms with Crippen molar-refractivity contribution >= 4 is 15.9 Å². The van der Waals surface area contributed by atoms with E-state index in [1.54, 1.807) is 0 Å². The fraction of sp³-hybridized carbons (Fsp3) is 0.455. The number of hydrogen-bond donors (Lipinski definition) is 2. The van der Waals surface area contributed by atoms with Crippen molar-refractivity contribution in [3.63, 3.8) is 0 Å². The molecule has 1 aliphatic rings. The Balaban J connectivity index is 2.19. The molecule has 1 saturated heterocycles. The SMILES string of the molecule is Cc1ccc(Br)cc1CC1(O)CNC1. The zero-order valence-corrected chi connectivity index (χ0v) is 9.76. The van der Waals surface area contributed by atoms with E-state index in [-0.39, 0.29) is 0 Å². The van der Waals surface area contributed by atoms with Gasteiger partial charge in [0.25, 0.3) is 0 Å². The first kappa shape index (κ1) is 10.1. The Kier molecular flexibility index (Phi) is 2.64. The van der Waals surface area contributed by atoms with Gasteiger partial charge in [-0.05, 0) is 30.2 Å². The summed E-state index contributed by atoms with van der Waals surface area (Å²) in [6, 6.07) is 6.20. The van der Waals surface area contributed by atoms with Crippen LogP contribution in [-0.4, -0.2) is 23.8 Å². The molecule has 14 heavy (non-hydrogen) atoms. The third kappa shape index (κ3) is 2.00. The molecule has 0 atom stereocenters. The van der Waals surface area contributed by atoms with Crippen LogP contribution >= 0.6 is 15.9 Å². The summed E-state index contributed by atoms with van der Waals surface area (Å²) in [7, 11) is 0. The topological polar surface area (TPSA) is 32.3 Å². The van der Waals surface area contributed by atoms with E-state index in [1.807, 2.05) is 6.07 Å². The number of aryl methyl sites for hydroxylation is 1. The standard InChI is InChI=1S/C11H14BrNO/c1-8-2-3-10(12)4-9(8)5-11(14)6-13-7-11/h2-4,13-14H,5-7H2,1H3. The maximum absolute atomic E-state index is 10.0. The highest BCUT2D eigenvalue weighted by molar-refractivity contribution is 9.10. The van der Waals surface area contributed by atoms with Crippen LogP contribution in [0.25, 0.3) is 0 Å². The average molecular weight is 256 g/mol. The average Bonchev–Trinajstić information content (AvgIpc) is 2.09. The van der Waals surface area contributed by atoms with Crippen LogP contribution in [-0.2, 0) is 6.42 Å². The van der Waals surface area contributed by atoms with Gasteiger partial charge in [-0.1, -0.05) is 22.0 Å². The molecule has 0 unspecified atom stereocenters. The van der Waals surface area contributed by atoms with E-state index in [1.165, 1.54) is 11.1 Å². The molecular formula is C11H14BrNO. The van der Waals surface area contributed by atoms with Crippen LogP contribution in [0.3, 0.4) is 0 Å². The minimum atomic E-state index is -0.522. The fourth-order valence-corrected chi connectivity index (χ4v) is 2.13. The highest BCUT2D eigenvalue weighted by atomic mass is 79.9. The zero-order valence-electron chi connectivity index (χ0n) is 8.18. The second-order valence-electron chi connectivity index (χ2n) is 4.08. The van der Waals surface area contributed by atoms with E-state index in [4.69, 9.17) is 0 Å². The van der Waals surface area contributed by atoms with E-state index in [2.05, 4.69) is 40.3 Å². The highest BCUT2D eigenvalue weighted by Crippen LogP contribution is 2.23. The maximum atomic E-state index is 10.0. The van der Waals surface area contributed by atoms with E-state index in [9.17, 15) is 5.11 Å². The Morgan fingerprint density at radius 2 is 2.21 bits per heavy atom. The Morgan fingerprint density at radius 3 is 2.79 bits per heavy atom. The maximum Gasteiger partial charge on any atom is 0.0935 e. The quantitative estimate of drug-likeness (QED) is 0.843. The van der Waals surface area contributed by atoms with Crippen molar-refractivity contribution in [3.05, 3.63) is 33.8 Å². The lowest BCUT2D eigenvalue weighted by atomic mass is 9.87. The van der Waals surface area contributed by atoms with Crippen molar-refractivity contribution in [3.8, 4) is 0 Å². The van der Waals surface area contributed by atoms with Gasteiger partial charge in [-0.3, -0.25) is 0 Å². The minimum absolute atomic E-state index is 0.522. The van der Waals surface area contributed by atoms with Crippen molar-refractivity contribution in [2.45, 2.75) is 18.9 Å². The molecule has 2 N–H and O–H groups in total. The van der Waals surface area contributed by atoms with Gasteiger partial charge in [0.1, 0.15) is 0 Å². The molecule has 0 aromatic heterocycles. The van der Waals surface area contributed by atoms with Gasteiger partial charge >= 0.3 is 0 Å². The number of benzene rings is 1. The van der Waals surface area contributed by atoms with Crippen LogP contribution < -0.4 is 5.32 Å². The van der Waals surface area contributed by atoms with Crippen molar-refractivity contribution in [2.24, 2.45) is 0 Å². The van der Waals surface area contributed by atoms with Crippen molar-refractivity contribution < 1.29 is 5.11 Å². The predicted molar refractivity (Wildman–Crippen MR) is 60.4 cm³/mol. The lowest BCUT2D eigenvalue weighted by molar-refractivity contribution is -0.00915. The van der Waals surface area contributed by atoms with E-state index in [0.717, 1.165) is 10.9 Å². The molecule has 1 aliphatic heterocycles. The third-order valence-corrected chi connectivity index (χ3v) is 3.23. The van der Waals surface area contributed by atoms with Crippen LogP contribution in [0.2, 0.25) is 0 Å². The van der Waals surface area contributed by atoms with Crippen molar-refractivity contribution in [2.75, 3.05) is 13.1 Å². The Bertz CT molecular complexity index is 347. The molecule has 2 nitrogen and oxygen atoms in total. The van der Waals surface area contributed by atoms with Gasteiger partial charge in [-0.2, -0.15) is 0 Å². The first-order valence-electron chi connectivity index (χ1n) is 4.77. The molecule has 1 fully saturated rings. The van der Waals surface area contributed by atoms with Crippen LogP contribution in [0.15, 0.2) is 22.7 Å². The second-order valence-corrected chi connectivity index (χ2v) is 4.99. The summed E-state index contributed by atoms with van der Waals surface area (Å²) in [6.07, 6.45) is 0.741. The Labute approximate surface area is 92.5 Å². The monoisotopic (exact) mass is 255 g/mol. The second kappa shape index (κ2) is 3.65. The summed E-state index contributed by atoms with van der Waals surface area (Å²) in [5.41, 5.74) is 1.95. The van der Waals surface area contributed by atoms with Crippen molar-refractivity contribution in [1.82, 2.24) is 5.32 Å². The number of aliphatic hydroxyl groups is 1. The molecule has 0 amide bonds. The lowest BCUT2D eigenvalue weighted by Gasteiger charge is -2.38. The number of halogens is 1. The van der Waals surface area contributed by atoms with Crippen LogP contribution in [0, 0.1) is 6.92 Å². The smallest absolute Gasteiger partial charge is 0.0935 e. The molecular weight excluding hydrogens is 242 g/mol. The summed E-state index contributed by atoms with van der Waals surface area (Å²) in [5, 5.41) is 13.1. The largest absolute Gasteiger partial charge is 0.387 e. The van der Waals surface area contributed by atoms with Gasteiger partial charge in [0, 0.05) is 24.0 Å². The number of β-amino-alcohol motifs (C(OH)–C–C–N with tert-alkyl or cyclic N) is 1. The van der Waals surface area contributed by atoms with Gasteiger partial charge in [-0.15, -0.1) is 0 Å². The number of hydrogen-bond acceptors (Lipinski definition) is 2. The van der Waals surface area contributed by atoms with Crippen LogP contribution in [0.4, 0.5) is 0 Å². The Hall–Kier alpha value is -0.380. The molecule has 76 valence electrons. The first-order valence-corrected chi connectivity index (χ1v) is 5.56. The van der Waals surface area contributed by atoms with Gasteiger partial charge in [-0.25, -0.2) is 0 Å². The van der Waals surface area contributed by atoms with Crippen LogP contribution in [0.5, 0.6) is 0 Å². The lowest BCUT2D eigenvalue weighted by Crippen LogP contribution is -2.60. The summed E-state index contributed by atoms with van der Waals surface area (Å²) in [5.74, 6) is 0. The van der Waals surface area contributed by atoms with Gasteiger partial charge < -0.3 is 10.4 Å². The Morgan fingerprint density at radius 1 is 1.50 bits per heavy atom. The number of rotatable bonds is 2. The normalized spacial score (nSPS) is 19.1. The summed E-state index contributed by atoms with van der Waals surface area (Å²) < 4.78 is 1.08. The zero-order chi connectivity index (χ0) is 10.2. The molecule has 1 aromatic rings. The molecule has 2 rings (SSSR count). The van der Waals surface area contributed by atoms with Crippen molar-refractivity contribution in [1.29, 1.82) is 0 Å². The van der Waals surface area contributed by atoms with Crippen LogP contribution in [0.1, 0.15) is 11.1 Å². The van der Waals surface area contributed by atoms with Gasteiger partial charge in [0.15, 0.2) is 0 Å². The molecule has 0 radical (unpaired) electrons. The summed E-state index contributed by atoms with van der Waals surface area (Å²) in [4.78, 5) is 0. The predicted octanol–water partition coefficient (Wildman–Crippen LogP) is 1.63. The minimum Gasteiger partial charge on any atom is -0.387 e. The molecule has 0 spiro atoms. The molecule has 0 aliphatic carbocycles. The van der Waals surface area contributed by atoms with E-state index in [0.29, 0.717) is 13.1 Å². The van der Waals surface area contributed by atoms with Gasteiger partial charge in [0.05, 0.1) is 5.60 Å². The van der Waals surface area contributed by atoms with E-state index < -0.39 is 5.60 Å². The molecule has 0 saturated carbocycles. The molecule has 0 bridgehead atoms. The number of nitrogens with one attached hydrogen (secondary N) is 1. The summed E-state index contributed by atoms with van der Waals surface area (Å²) >= 11 is 3.45. The fourth-order valence-electron chi connectivity index (χ4n) is 1.72. The third-order valence-electron chi connectivity index (χ3n) is 2.74. The first-order chi connectivity index (χ1) is 6.59. The molecule has 1 heterocycles. The molecule has 3 heteroatoms.